The number of hydrogen-bond acceptors (Lipinski definition) is 2. The number of halogens is 2. The molecule has 2 aromatic carbocycles. The number of benzene rings is 2. The van der Waals surface area contributed by atoms with Crippen LogP contribution in [0.3, 0.4) is 0 Å². The first-order valence-electron chi connectivity index (χ1n) is 7.17. The van der Waals surface area contributed by atoms with Gasteiger partial charge < -0.3 is 10.2 Å². The summed E-state index contributed by atoms with van der Waals surface area (Å²) in [4.78, 5) is 2.21. The van der Waals surface area contributed by atoms with E-state index in [2.05, 4.69) is 10.2 Å². The molecule has 1 saturated heterocycles. The molecule has 21 heavy (non-hydrogen) atoms. The summed E-state index contributed by atoms with van der Waals surface area (Å²) >= 11 is 0. The molecule has 0 radical (unpaired) electrons. The van der Waals surface area contributed by atoms with Crippen LogP contribution in [0.1, 0.15) is 11.1 Å². The first kappa shape index (κ1) is 14.0. The Bertz CT molecular complexity index is 575. The fourth-order valence-corrected chi connectivity index (χ4v) is 2.62. The van der Waals surface area contributed by atoms with Crippen molar-refractivity contribution in [3.8, 4) is 0 Å². The Balaban J connectivity index is 1.83. The largest absolute Gasteiger partial charge is 0.369 e. The number of hydrogen-bond donors (Lipinski definition) is 1. The standard InChI is InChI=1S/C17H18F2N2/c18-17(19,14-4-2-1-3-5-14)15-6-8-16(9-7-15)21-12-10-20-11-13-21/h1-9,20H,10-13H2. The van der Waals surface area contributed by atoms with Gasteiger partial charge in [0.15, 0.2) is 0 Å². The zero-order valence-corrected chi connectivity index (χ0v) is 11.7. The predicted octanol–water partition coefficient (Wildman–Crippen LogP) is 3.24. The molecule has 3 rings (SSSR count). The van der Waals surface area contributed by atoms with Gasteiger partial charge in [-0.1, -0.05) is 42.5 Å². The quantitative estimate of drug-likeness (QED) is 0.933. The van der Waals surface area contributed by atoms with Gasteiger partial charge in [-0.05, 0) is 12.1 Å². The molecule has 2 aromatic rings. The summed E-state index contributed by atoms with van der Waals surface area (Å²) in [5, 5.41) is 3.28. The SMILES string of the molecule is FC(F)(c1ccccc1)c1ccc(N2CCNCC2)cc1. The second kappa shape index (κ2) is 5.82. The molecule has 1 N–H and O–H groups in total. The Kier molecular flexibility index (Phi) is 3.88. The average Bonchev–Trinajstić information content (AvgIpc) is 2.57. The summed E-state index contributed by atoms with van der Waals surface area (Å²) in [7, 11) is 0. The van der Waals surface area contributed by atoms with Crippen molar-refractivity contribution >= 4 is 5.69 Å². The first-order valence-corrected chi connectivity index (χ1v) is 7.17. The number of nitrogens with one attached hydrogen (secondary N) is 1. The molecule has 2 nitrogen and oxygen atoms in total. The molecule has 110 valence electrons. The average molecular weight is 288 g/mol. The van der Waals surface area contributed by atoms with E-state index in [1.54, 1.807) is 30.3 Å². The molecule has 1 aliphatic heterocycles. The van der Waals surface area contributed by atoms with Gasteiger partial charge in [0.1, 0.15) is 0 Å². The van der Waals surface area contributed by atoms with Crippen LogP contribution in [0.2, 0.25) is 0 Å². The Morgan fingerprint density at radius 3 is 2.00 bits per heavy atom. The van der Waals surface area contributed by atoms with Gasteiger partial charge in [0.2, 0.25) is 0 Å². The maximum atomic E-state index is 14.4. The minimum Gasteiger partial charge on any atom is -0.369 e. The van der Waals surface area contributed by atoms with E-state index in [-0.39, 0.29) is 11.1 Å². The highest BCUT2D eigenvalue weighted by molar-refractivity contribution is 5.49. The maximum absolute atomic E-state index is 14.4. The Morgan fingerprint density at radius 2 is 1.38 bits per heavy atom. The molecule has 1 heterocycles. The summed E-state index contributed by atoms with van der Waals surface area (Å²) in [6.07, 6.45) is 0. The smallest absolute Gasteiger partial charge is 0.298 e. The van der Waals surface area contributed by atoms with Crippen LogP contribution in [-0.4, -0.2) is 26.2 Å². The van der Waals surface area contributed by atoms with E-state index in [9.17, 15) is 8.78 Å². The molecule has 0 amide bonds. The highest BCUT2D eigenvalue weighted by Crippen LogP contribution is 2.36. The van der Waals surface area contributed by atoms with Gasteiger partial charge >= 0.3 is 0 Å². The topological polar surface area (TPSA) is 15.3 Å². The number of anilines is 1. The molecule has 0 aliphatic carbocycles. The molecule has 4 heteroatoms. The second-order valence-corrected chi connectivity index (χ2v) is 5.22. The van der Waals surface area contributed by atoms with Crippen LogP contribution >= 0.6 is 0 Å². The van der Waals surface area contributed by atoms with Gasteiger partial charge in [0.25, 0.3) is 5.92 Å². The monoisotopic (exact) mass is 288 g/mol. The lowest BCUT2D eigenvalue weighted by Gasteiger charge is -2.29. The summed E-state index contributed by atoms with van der Waals surface area (Å²) in [6, 6.07) is 14.6. The van der Waals surface area contributed by atoms with Crippen molar-refractivity contribution in [2.45, 2.75) is 5.92 Å². The van der Waals surface area contributed by atoms with Crippen LogP contribution in [-0.2, 0) is 5.92 Å². The van der Waals surface area contributed by atoms with Crippen LogP contribution in [0.25, 0.3) is 0 Å². The van der Waals surface area contributed by atoms with E-state index in [0.29, 0.717) is 0 Å². The summed E-state index contributed by atoms with van der Waals surface area (Å²) in [5.74, 6) is -2.96. The van der Waals surface area contributed by atoms with Gasteiger partial charge in [0.05, 0.1) is 0 Å². The fourth-order valence-electron chi connectivity index (χ4n) is 2.62. The highest BCUT2D eigenvalue weighted by atomic mass is 19.3. The Morgan fingerprint density at radius 1 is 0.810 bits per heavy atom. The summed E-state index contributed by atoms with van der Waals surface area (Å²) < 4.78 is 28.9. The van der Waals surface area contributed by atoms with Gasteiger partial charge in [-0.3, -0.25) is 0 Å². The van der Waals surface area contributed by atoms with E-state index in [4.69, 9.17) is 0 Å². The van der Waals surface area contributed by atoms with Crippen LogP contribution in [0.4, 0.5) is 14.5 Å². The lowest BCUT2D eigenvalue weighted by atomic mass is 10.00. The van der Waals surface area contributed by atoms with Gasteiger partial charge in [-0.2, -0.15) is 8.78 Å². The molecular weight excluding hydrogens is 270 g/mol. The third kappa shape index (κ3) is 2.90. The molecule has 1 aliphatic rings. The number of piperazine rings is 1. The highest BCUT2D eigenvalue weighted by Gasteiger charge is 2.33. The van der Waals surface area contributed by atoms with Crippen molar-refractivity contribution in [3.05, 3.63) is 65.7 Å². The van der Waals surface area contributed by atoms with Crippen LogP contribution < -0.4 is 10.2 Å². The molecular formula is C17H18F2N2. The van der Waals surface area contributed by atoms with Crippen LogP contribution in [0.15, 0.2) is 54.6 Å². The van der Waals surface area contributed by atoms with E-state index in [1.165, 1.54) is 24.3 Å². The Hall–Kier alpha value is -1.94. The normalized spacial score (nSPS) is 16.0. The third-order valence-electron chi connectivity index (χ3n) is 3.85. The number of alkyl halides is 2. The van der Waals surface area contributed by atoms with Gasteiger partial charge in [-0.15, -0.1) is 0 Å². The van der Waals surface area contributed by atoms with E-state index >= 15 is 0 Å². The minimum absolute atomic E-state index is 0.0277. The van der Waals surface area contributed by atoms with Gasteiger partial charge in [0, 0.05) is 43.0 Å². The van der Waals surface area contributed by atoms with Crippen molar-refractivity contribution in [2.24, 2.45) is 0 Å². The zero-order valence-electron chi connectivity index (χ0n) is 11.7. The lowest BCUT2D eigenvalue weighted by molar-refractivity contribution is 0.0428. The minimum atomic E-state index is -2.96. The summed E-state index contributed by atoms with van der Waals surface area (Å²) in [5.41, 5.74) is 1.07. The summed E-state index contributed by atoms with van der Waals surface area (Å²) in [6.45, 7) is 3.69. The van der Waals surface area contributed by atoms with E-state index in [0.717, 1.165) is 31.9 Å². The molecule has 0 bridgehead atoms. The molecule has 0 unspecified atom stereocenters. The van der Waals surface area contributed by atoms with Gasteiger partial charge in [-0.25, -0.2) is 0 Å². The molecule has 0 spiro atoms. The number of rotatable bonds is 3. The molecule has 0 saturated carbocycles. The molecule has 0 atom stereocenters. The van der Waals surface area contributed by atoms with Crippen molar-refractivity contribution in [3.63, 3.8) is 0 Å². The first-order chi connectivity index (χ1) is 10.2. The van der Waals surface area contributed by atoms with Crippen molar-refractivity contribution in [1.29, 1.82) is 0 Å². The Labute approximate surface area is 123 Å². The third-order valence-corrected chi connectivity index (χ3v) is 3.85. The second-order valence-electron chi connectivity index (χ2n) is 5.22. The molecule has 0 aromatic heterocycles. The number of nitrogens with zero attached hydrogens (tertiary/aromatic N) is 1. The fraction of sp³-hybridized carbons (Fsp3) is 0.294. The van der Waals surface area contributed by atoms with Crippen molar-refractivity contribution in [2.75, 3.05) is 31.1 Å². The van der Waals surface area contributed by atoms with Crippen LogP contribution in [0.5, 0.6) is 0 Å². The predicted molar refractivity (Wildman–Crippen MR) is 81.0 cm³/mol. The molecule has 1 fully saturated rings. The van der Waals surface area contributed by atoms with Crippen molar-refractivity contribution < 1.29 is 8.78 Å². The van der Waals surface area contributed by atoms with Crippen molar-refractivity contribution in [1.82, 2.24) is 5.32 Å². The maximum Gasteiger partial charge on any atom is 0.298 e. The zero-order chi connectivity index (χ0) is 14.7. The van der Waals surface area contributed by atoms with E-state index < -0.39 is 5.92 Å². The lowest BCUT2D eigenvalue weighted by Crippen LogP contribution is -2.43. The van der Waals surface area contributed by atoms with E-state index in [1.807, 2.05) is 0 Å². The van der Waals surface area contributed by atoms with Crippen LogP contribution in [0, 0.1) is 0 Å².